The summed E-state index contributed by atoms with van der Waals surface area (Å²) in [7, 11) is -3.47. The monoisotopic (exact) mass is 346 g/mol. The van der Waals surface area contributed by atoms with Crippen molar-refractivity contribution in [2.45, 2.75) is 17.7 Å². The van der Waals surface area contributed by atoms with Gasteiger partial charge in [0.15, 0.2) is 4.21 Å². The first kappa shape index (κ1) is 13.7. The highest BCUT2D eigenvalue weighted by molar-refractivity contribution is 9.10. The van der Waals surface area contributed by atoms with Gasteiger partial charge in [0.2, 0.25) is 0 Å². The van der Waals surface area contributed by atoms with Crippen molar-refractivity contribution < 1.29 is 8.42 Å². The fourth-order valence-electron chi connectivity index (χ4n) is 1.35. The Morgan fingerprint density at radius 2 is 2.11 bits per heavy atom. The van der Waals surface area contributed by atoms with Gasteiger partial charge in [-0.15, -0.1) is 11.3 Å². The van der Waals surface area contributed by atoms with Crippen molar-refractivity contribution in [3.8, 4) is 0 Å². The molecule has 2 aromatic rings. The third-order valence-corrected chi connectivity index (χ3v) is 5.82. The summed E-state index contributed by atoms with van der Waals surface area (Å²) in [5.41, 5.74) is 0.891. The Bertz CT molecular complexity index is 653. The van der Waals surface area contributed by atoms with Crippen molar-refractivity contribution in [2.75, 3.05) is 0 Å². The Hall–Kier alpha value is -0.760. The van der Waals surface area contributed by atoms with Gasteiger partial charge < -0.3 is 0 Å². The average Bonchev–Trinajstić information content (AvgIpc) is 2.76. The molecular weight excluding hydrogens is 336 g/mol. The zero-order valence-corrected chi connectivity index (χ0v) is 12.8. The van der Waals surface area contributed by atoms with Crippen molar-refractivity contribution in [2.24, 2.45) is 0 Å². The Morgan fingerprint density at radius 1 is 1.39 bits per heavy atom. The van der Waals surface area contributed by atoms with Gasteiger partial charge in [-0.1, -0.05) is 34.1 Å². The maximum Gasteiger partial charge on any atom is 0.251 e. The fraction of sp³-hybridized carbons (Fsp3) is 0.182. The number of rotatable bonds is 4. The fourth-order valence-corrected chi connectivity index (χ4v) is 3.94. The highest BCUT2D eigenvalue weighted by Crippen LogP contribution is 2.19. The van der Waals surface area contributed by atoms with Crippen molar-refractivity contribution in [1.29, 1.82) is 0 Å². The lowest BCUT2D eigenvalue weighted by Crippen LogP contribution is -2.22. The zero-order valence-electron chi connectivity index (χ0n) is 9.55. The summed E-state index contributed by atoms with van der Waals surface area (Å²) in [5, 5.41) is 0.733. The van der Waals surface area contributed by atoms with E-state index < -0.39 is 10.0 Å². The number of nitrogens with one attached hydrogen (secondary N) is 1. The van der Waals surface area contributed by atoms with Crippen LogP contribution in [-0.4, -0.2) is 13.4 Å². The minimum Gasteiger partial charge on any atom is -0.249 e. The molecule has 96 valence electrons. The first-order chi connectivity index (χ1) is 8.49. The van der Waals surface area contributed by atoms with Crippen LogP contribution in [0.1, 0.15) is 10.6 Å². The summed E-state index contributed by atoms with van der Waals surface area (Å²) in [4.78, 5) is 3.95. The molecule has 1 aromatic heterocycles. The van der Waals surface area contributed by atoms with Gasteiger partial charge in [-0.2, -0.15) is 0 Å². The molecule has 0 fully saturated rings. The van der Waals surface area contributed by atoms with Crippen molar-refractivity contribution in [1.82, 2.24) is 9.71 Å². The molecule has 1 aromatic carbocycles. The first-order valence-electron chi connectivity index (χ1n) is 5.14. The molecule has 0 aliphatic heterocycles. The molecule has 1 N–H and O–H groups in total. The van der Waals surface area contributed by atoms with E-state index in [1.165, 1.54) is 6.20 Å². The molecule has 0 bridgehead atoms. The number of benzene rings is 1. The largest absolute Gasteiger partial charge is 0.251 e. The lowest BCUT2D eigenvalue weighted by atomic mass is 10.2. The van der Waals surface area contributed by atoms with Crippen molar-refractivity contribution >= 4 is 37.3 Å². The van der Waals surface area contributed by atoms with Crippen LogP contribution in [0.25, 0.3) is 0 Å². The van der Waals surface area contributed by atoms with Crippen LogP contribution in [0.5, 0.6) is 0 Å². The number of hydrogen-bond acceptors (Lipinski definition) is 4. The number of thiazole rings is 1. The molecule has 0 amide bonds. The predicted octanol–water partition coefficient (Wildman–Crippen LogP) is 2.69. The highest BCUT2D eigenvalue weighted by atomic mass is 79.9. The molecule has 0 spiro atoms. The maximum absolute atomic E-state index is 12.0. The number of nitrogens with zero attached hydrogens (tertiary/aromatic N) is 1. The molecule has 0 unspecified atom stereocenters. The van der Waals surface area contributed by atoms with Crippen LogP contribution in [0, 0.1) is 6.92 Å². The summed E-state index contributed by atoms with van der Waals surface area (Å²) < 4.78 is 27.6. The van der Waals surface area contributed by atoms with E-state index in [1.807, 2.05) is 24.3 Å². The van der Waals surface area contributed by atoms with Gasteiger partial charge in [0, 0.05) is 11.0 Å². The Morgan fingerprint density at radius 3 is 2.72 bits per heavy atom. The SMILES string of the molecule is Cc1ncc(S(=O)(=O)NCc2ccccc2Br)s1. The van der Waals surface area contributed by atoms with Crippen LogP contribution < -0.4 is 4.72 Å². The highest BCUT2D eigenvalue weighted by Gasteiger charge is 2.16. The van der Waals surface area contributed by atoms with Crippen LogP contribution in [-0.2, 0) is 16.6 Å². The van der Waals surface area contributed by atoms with Gasteiger partial charge in [-0.25, -0.2) is 18.1 Å². The summed E-state index contributed by atoms with van der Waals surface area (Å²) in [6.45, 7) is 2.03. The number of hydrogen-bond donors (Lipinski definition) is 1. The number of halogens is 1. The quantitative estimate of drug-likeness (QED) is 0.925. The molecule has 1 heterocycles. The van der Waals surface area contributed by atoms with Gasteiger partial charge in [0.05, 0.1) is 11.2 Å². The van der Waals surface area contributed by atoms with Gasteiger partial charge in [0.25, 0.3) is 10.0 Å². The minimum atomic E-state index is -3.47. The first-order valence-corrected chi connectivity index (χ1v) is 8.24. The Balaban J connectivity index is 2.13. The van der Waals surface area contributed by atoms with Gasteiger partial charge in [-0.05, 0) is 18.6 Å². The minimum absolute atomic E-state index is 0.243. The van der Waals surface area contributed by atoms with Crippen molar-refractivity contribution in [3.63, 3.8) is 0 Å². The van der Waals surface area contributed by atoms with Crippen LogP contribution in [0.15, 0.2) is 39.1 Å². The molecule has 0 aliphatic rings. The summed E-state index contributed by atoms with van der Waals surface area (Å²) >= 11 is 4.54. The van der Waals surface area contributed by atoms with Gasteiger partial charge in [-0.3, -0.25) is 0 Å². The number of aromatic nitrogens is 1. The second kappa shape index (κ2) is 5.48. The van der Waals surface area contributed by atoms with Crippen LogP contribution in [0.3, 0.4) is 0 Å². The molecule has 0 atom stereocenters. The second-order valence-electron chi connectivity index (χ2n) is 3.61. The third-order valence-electron chi connectivity index (χ3n) is 2.28. The molecule has 0 radical (unpaired) electrons. The molecule has 0 aliphatic carbocycles. The Kier molecular flexibility index (Phi) is 4.16. The average molecular weight is 347 g/mol. The molecule has 7 heteroatoms. The number of aryl methyl sites for hydroxylation is 1. The van der Waals surface area contributed by atoms with Gasteiger partial charge >= 0.3 is 0 Å². The standard InChI is InChI=1S/C11H11BrN2O2S2/c1-8-13-7-11(17-8)18(15,16)14-6-9-4-2-3-5-10(9)12/h2-5,7,14H,6H2,1H3. The zero-order chi connectivity index (χ0) is 13.2. The second-order valence-corrected chi connectivity index (χ2v) is 7.70. The third kappa shape index (κ3) is 3.17. The van der Waals surface area contributed by atoms with E-state index in [4.69, 9.17) is 0 Å². The Labute approximate surface area is 118 Å². The van der Waals surface area contributed by atoms with E-state index in [2.05, 4.69) is 25.6 Å². The van der Waals surface area contributed by atoms with E-state index in [0.29, 0.717) is 0 Å². The number of sulfonamides is 1. The maximum atomic E-state index is 12.0. The van der Waals surface area contributed by atoms with E-state index >= 15 is 0 Å². The summed E-state index contributed by atoms with van der Waals surface area (Å²) in [6, 6.07) is 7.49. The van der Waals surface area contributed by atoms with Crippen LogP contribution in [0.2, 0.25) is 0 Å². The molecule has 0 saturated heterocycles. The van der Waals surface area contributed by atoms with Gasteiger partial charge in [0.1, 0.15) is 0 Å². The molecule has 2 rings (SSSR count). The molecule has 4 nitrogen and oxygen atoms in total. The molecule has 0 saturated carbocycles. The smallest absolute Gasteiger partial charge is 0.249 e. The van der Waals surface area contributed by atoms with Crippen LogP contribution >= 0.6 is 27.3 Å². The van der Waals surface area contributed by atoms with Crippen LogP contribution in [0.4, 0.5) is 0 Å². The molecule has 18 heavy (non-hydrogen) atoms. The topological polar surface area (TPSA) is 59.1 Å². The normalized spacial score (nSPS) is 11.7. The van der Waals surface area contributed by atoms with Crippen molar-refractivity contribution in [3.05, 3.63) is 45.5 Å². The predicted molar refractivity (Wildman–Crippen MR) is 75.0 cm³/mol. The summed E-state index contributed by atoms with van der Waals surface area (Å²) in [5.74, 6) is 0. The lowest BCUT2D eigenvalue weighted by Gasteiger charge is -2.06. The van der Waals surface area contributed by atoms with E-state index in [9.17, 15) is 8.42 Å². The van der Waals surface area contributed by atoms with E-state index in [1.54, 1.807) is 6.92 Å². The lowest BCUT2D eigenvalue weighted by molar-refractivity contribution is 0.583. The summed E-state index contributed by atoms with van der Waals surface area (Å²) in [6.07, 6.45) is 1.38. The molecular formula is C11H11BrN2O2S2. The van der Waals surface area contributed by atoms with E-state index in [-0.39, 0.29) is 10.8 Å². The van der Waals surface area contributed by atoms with E-state index in [0.717, 1.165) is 26.4 Å².